The summed E-state index contributed by atoms with van der Waals surface area (Å²) in [7, 11) is 0. The lowest BCUT2D eigenvalue weighted by Gasteiger charge is -2.37. The van der Waals surface area contributed by atoms with E-state index in [0.717, 1.165) is 31.7 Å². The van der Waals surface area contributed by atoms with Crippen LogP contribution in [0.1, 0.15) is 38.2 Å². The number of nitrogens with one attached hydrogen (secondary N) is 1. The predicted molar refractivity (Wildman–Crippen MR) is 74.0 cm³/mol. The predicted octanol–water partition coefficient (Wildman–Crippen LogP) is 2.69. The van der Waals surface area contributed by atoms with Gasteiger partial charge in [0.1, 0.15) is 0 Å². The Labute approximate surface area is 118 Å². The minimum Gasteiger partial charge on any atom is -0.374 e. The SMILES string of the molecule is CCOC1(C(Cc2cccc(F)c2F)NN)CCCC1. The Kier molecular flexibility index (Phi) is 5.07. The van der Waals surface area contributed by atoms with Crippen molar-refractivity contribution in [1.29, 1.82) is 0 Å². The van der Waals surface area contributed by atoms with Crippen molar-refractivity contribution in [3.05, 3.63) is 35.4 Å². The largest absolute Gasteiger partial charge is 0.374 e. The molecule has 1 aromatic carbocycles. The lowest BCUT2D eigenvalue weighted by atomic mass is 9.87. The molecule has 0 saturated heterocycles. The molecule has 2 rings (SSSR count). The highest BCUT2D eigenvalue weighted by Crippen LogP contribution is 2.37. The Balaban J connectivity index is 2.21. The van der Waals surface area contributed by atoms with Gasteiger partial charge in [-0.25, -0.2) is 8.78 Å². The zero-order valence-electron chi connectivity index (χ0n) is 11.8. The third-order valence-electron chi connectivity index (χ3n) is 4.17. The van der Waals surface area contributed by atoms with Gasteiger partial charge in [-0.2, -0.15) is 0 Å². The van der Waals surface area contributed by atoms with Gasteiger partial charge in [0.05, 0.1) is 11.6 Å². The summed E-state index contributed by atoms with van der Waals surface area (Å²) in [6, 6.07) is 4.01. The maximum atomic E-state index is 13.8. The summed E-state index contributed by atoms with van der Waals surface area (Å²) in [6.45, 7) is 2.53. The van der Waals surface area contributed by atoms with E-state index < -0.39 is 11.6 Å². The van der Waals surface area contributed by atoms with Crippen LogP contribution in [-0.2, 0) is 11.2 Å². The van der Waals surface area contributed by atoms with Crippen LogP contribution in [0.3, 0.4) is 0 Å². The van der Waals surface area contributed by atoms with Gasteiger partial charge in [-0.3, -0.25) is 11.3 Å². The first-order valence-corrected chi connectivity index (χ1v) is 7.16. The van der Waals surface area contributed by atoms with E-state index >= 15 is 0 Å². The molecule has 1 saturated carbocycles. The van der Waals surface area contributed by atoms with E-state index in [0.29, 0.717) is 18.6 Å². The quantitative estimate of drug-likeness (QED) is 0.623. The average molecular weight is 284 g/mol. The first kappa shape index (κ1) is 15.4. The van der Waals surface area contributed by atoms with E-state index in [1.165, 1.54) is 6.07 Å². The Morgan fingerprint density at radius 1 is 1.35 bits per heavy atom. The highest BCUT2D eigenvalue weighted by molar-refractivity contribution is 5.21. The molecular formula is C15H22F2N2O. The summed E-state index contributed by atoms with van der Waals surface area (Å²) in [5, 5.41) is 0. The van der Waals surface area contributed by atoms with E-state index in [9.17, 15) is 8.78 Å². The molecule has 112 valence electrons. The number of hydrazine groups is 1. The van der Waals surface area contributed by atoms with Crippen molar-refractivity contribution in [1.82, 2.24) is 5.43 Å². The van der Waals surface area contributed by atoms with Crippen LogP contribution in [0.25, 0.3) is 0 Å². The second kappa shape index (κ2) is 6.61. The molecule has 0 radical (unpaired) electrons. The Bertz CT molecular complexity index is 447. The molecule has 0 spiro atoms. The van der Waals surface area contributed by atoms with Crippen LogP contribution in [0.4, 0.5) is 8.78 Å². The second-order valence-electron chi connectivity index (χ2n) is 5.34. The van der Waals surface area contributed by atoms with Crippen LogP contribution in [0.5, 0.6) is 0 Å². The summed E-state index contributed by atoms with van der Waals surface area (Å²) in [4.78, 5) is 0. The molecule has 0 amide bonds. The van der Waals surface area contributed by atoms with Gasteiger partial charge in [0, 0.05) is 6.61 Å². The van der Waals surface area contributed by atoms with Gasteiger partial charge in [0.2, 0.25) is 0 Å². The summed E-state index contributed by atoms with van der Waals surface area (Å²) >= 11 is 0. The van der Waals surface area contributed by atoms with Crippen LogP contribution in [0, 0.1) is 11.6 Å². The number of hydrogen-bond acceptors (Lipinski definition) is 3. The third kappa shape index (κ3) is 3.00. The van der Waals surface area contributed by atoms with Gasteiger partial charge in [0.25, 0.3) is 0 Å². The summed E-state index contributed by atoms with van der Waals surface area (Å²) in [5.74, 6) is 4.04. The molecule has 1 aromatic rings. The first-order chi connectivity index (χ1) is 9.63. The van der Waals surface area contributed by atoms with Crippen molar-refractivity contribution in [2.24, 2.45) is 5.84 Å². The highest BCUT2D eigenvalue weighted by Gasteiger charge is 2.42. The lowest BCUT2D eigenvalue weighted by Crippen LogP contribution is -2.54. The number of nitrogens with two attached hydrogens (primary N) is 1. The van der Waals surface area contributed by atoms with Crippen LogP contribution in [-0.4, -0.2) is 18.2 Å². The van der Waals surface area contributed by atoms with E-state index in [4.69, 9.17) is 10.6 Å². The molecule has 3 nitrogen and oxygen atoms in total. The molecule has 0 aliphatic heterocycles. The molecule has 1 fully saturated rings. The maximum Gasteiger partial charge on any atom is 0.162 e. The normalized spacial score (nSPS) is 19.2. The minimum atomic E-state index is -0.824. The molecule has 1 aliphatic carbocycles. The van der Waals surface area contributed by atoms with E-state index in [2.05, 4.69) is 5.43 Å². The fourth-order valence-electron chi connectivity index (χ4n) is 3.18. The molecular weight excluding hydrogens is 262 g/mol. The van der Waals surface area contributed by atoms with Crippen LogP contribution < -0.4 is 11.3 Å². The summed E-state index contributed by atoms with van der Waals surface area (Å²) in [6.07, 6.45) is 4.26. The van der Waals surface area contributed by atoms with Gasteiger partial charge in [0.15, 0.2) is 11.6 Å². The molecule has 1 unspecified atom stereocenters. The molecule has 3 N–H and O–H groups in total. The smallest absolute Gasteiger partial charge is 0.162 e. The minimum absolute atomic E-state index is 0.221. The Morgan fingerprint density at radius 2 is 2.05 bits per heavy atom. The van der Waals surface area contributed by atoms with Crippen molar-refractivity contribution >= 4 is 0 Å². The molecule has 0 aromatic heterocycles. The van der Waals surface area contributed by atoms with Gasteiger partial charge < -0.3 is 4.74 Å². The van der Waals surface area contributed by atoms with Gasteiger partial charge >= 0.3 is 0 Å². The highest BCUT2D eigenvalue weighted by atomic mass is 19.2. The fourth-order valence-corrected chi connectivity index (χ4v) is 3.18. The number of hydrogen-bond donors (Lipinski definition) is 2. The Morgan fingerprint density at radius 3 is 2.65 bits per heavy atom. The fraction of sp³-hybridized carbons (Fsp3) is 0.600. The molecule has 1 aliphatic rings. The molecule has 1 atom stereocenters. The van der Waals surface area contributed by atoms with Crippen molar-refractivity contribution in [3.63, 3.8) is 0 Å². The van der Waals surface area contributed by atoms with E-state index in [1.807, 2.05) is 6.92 Å². The third-order valence-corrected chi connectivity index (χ3v) is 4.17. The van der Waals surface area contributed by atoms with E-state index in [-0.39, 0.29) is 11.6 Å². The van der Waals surface area contributed by atoms with Gasteiger partial charge in [-0.15, -0.1) is 0 Å². The maximum absolute atomic E-state index is 13.8. The standard InChI is InChI=1S/C15H22F2N2O/c1-2-20-15(8-3-4-9-15)13(19-18)10-11-6-5-7-12(16)14(11)17/h5-7,13,19H,2-4,8-10,18H2,1H3. The zero-order valence-corrected chi connectivity index (χ0v) is 11.8. The Hall–Kier alpha value is -1.04. The van der Waals surface area contributed by atoms with Gasteiger partial charge in [-0.1, -0.05) is 25.0 Å². The molecule has 0 bridgehead atoms. The first-order valence-electron chi connectivity index (χ1n) is 7.16. The van der Waals surface area contributed by atoms with Crippen molar-refractivity contribution < 1.29 is 13.5 Å². The summed E-state index contributed by atoms with van der Waals surface area (Å²) in [5.41, 5.74) is 2.71. The monoisotopic (exact) mass is 284 g/mol. The van der Waals surface area contributed by atoms with Crippen LogP contribution >= 0.6 is 0 Å². The van der Waals surface area contributed by atoms with Crippen molar-refractivity contribution in [2.75, 3.05) is 6.61 Å². The van der Waals surface area contributed by atoms with Crippen molar-refractivity contribution in [2.45, 2.75) is 50.7 Å². The molecule has 5 heteroatoms. The van der Waals surface area contributed by atoms with Crippen molar-refractivity contribution in [3.8, 4) is 0 Å². The number of benzene rings is 1. The van der Waals surface area contributed by atoms with Crippen LogP contribution in [0.2, 0.25) is 0 Å². The lowest BCUT2D eigenvalue weighted by molar-refractivity contribution is -0.0615. The zero-order chi connectivity index (χ0) is 14.6. The number of rotatable bonds is 6. The van der Waals surface area contributed by atoms with Crippen LogP contribution in [0.15, 0.2) is 18.2 Å². The number of ether oxygens (including phenoxy) is 1. The second-order valence-corrected chi connectivity index (χ2v) is 5.34. The average Bonchev–Trinajstić information content (AvgIpc) is 2.90. The van der Waals surface area contributed by atoms with E-state index in [1.54, 1.807) is 6.07 Å². The molecule has 20 heavy (non-hydrogen) atoms. The molecule has 0 heterocycles. The summed E-state index contributed by atoms with van der Waals surface area (Å²) < 4.78 is 33.0. The van der Waals surface area contributed by atoms with Gasteiger partial charge in [-0.05, 0) is 37.8 Å². The topological polar surface area (TPSA) is 47.3 Å². The number of halogens is 2.